The van der Waals surface area contributed by atoms with Gasteiger partial charge in [0, 0.05) is 35.7 Å². The molecule has 0 N–H and O–H groups in total. The molecule has 3 aliphatic rings. The predicted molar refractivity (Wildman–Crippen MR) is 94.8 cm³/mol. The number of rotatable bonds is 2. The number of nitrogens with zero attached hydrogens (tertiary/aromatic N) is 2. The minimum atomic E-state index is -4.35. The Kier molecular flexibility index (Phi) is 4.78. The fourth-order valence-corrected chi connectivity index (χ4v) is 6.07. The zero-order valence-corrected chi connectivity index (χ0v) is 15.2. The van der Waals surface area contributed by atoms with Gasteiger partial charge in [0.2, 0.25) is 0 Å². The lowest BCUT2D eigenvalue weighted by Gasteiger charge is -2.51. The van der Waals surface area contributed by atoms with Gasteiger partial charge < -0.3 is 0 Å². The van der Waals surface area contributed by atoms with Crippen molar-refractivity contribution in [3.05, 3.63) is 29.6 Å². The molecule has 6 heteroatoms. The van der Waals surface area contributed by atoms with E-state index in [0.29, 0.717) is 11.5 Å². The van der Waals surface area contributed by atoms with E-state index in [0.717, 1.165) is 31.2 Å². The van der Waals surface area contributed by atoms with Crippen molar-refractivity contribution in [2.45, 2.75) is 56.7 Å². The highest BCUT2D eigenvalue weighted by molar-refractivity contribution is 8.00. The molecular formula is C19H25F3N2S. The Morgan fingerprint density at radius 1 is 1.16 bits per heavy atom. The summed E-state index contributed by atoms with van der Waals surface area (Å²) < 4.78 is 38.6. The number of thioether (sulfide) groups is 1. The number of alkyl halides is 3. The van der Waals surface area contributed by atoms with Crippen LogP contribution in [0, 0.1) is 5.41 Å². The summed E-state index contributed by atoms with van der Waals surface area (Å²) in [6.07, 6.45) is 3.84. The van der Waals surface area contributed by atoms with E-state index in [2.05, 4.69) is 21.6 Å². The highest BCUT2D eigenvalue weighted by Gasteiger charge is 2.43. The molecule has 0 bridgehead atoms. The van der Waals surface area contributed by atoms with Crippen molar-refractivity contribution >= 4 is 11.8 Å². The van der Waals surface area contributed by atoms with Gasteiger partial charge >= 0.3 is 6.18 Å². The van der Waals surface area contributed by atoms with Gasteiger partial charge in [-0.3, -0.25) is 9.88 Å². The van der Waals surface area contributed by atoms with E-state index in [1.165, 1.54) is 49.7 Å². The van der Waals surface area contributed by atoms with Crippen molar-refractivity contribution in [3.8, 4) is 0 Å². The number of pyridine rings is 1. The van der Waals surface area contributed by atoms with E-state index in [9.17, 15) is 13.2 Å². The van der Waals surface area contributed by atoms with Crippen molar-refractivity contribution in [1.29, 1.82) is 0 Å². The van der Waals surface area contributed by atoms with Gasteiger partial charge in [-0.2, -0.15) is 24.9 Å². The van der Waals surface area contributed by atoms with Crippen LogP contribution in [0.2, 0.25) is 0 Å². The van der Waals surface area contributed by atoms with E-state index < -0.39 is 11.9 Å². The molecule has 3 fully saturated rings. The first-order chi connectivity index (χ1) is 12.0. The number of likely N-dealkylation sites (tertiary alicyclic amines) is 1. The summed E-state index contributed by atoms with van der Waals surface area (Å²) in [6, 6.07) is 3.65. The molecule has 25 heavy (non-hydrogen) atoms. The number of hydrogen-bond donors (Lipinski definition) is 0. The molecule has 0 aromatic carbocycles. The number of hydrogen-bond acceptors (Lipinski definition) is 3. The van der Waals surface area contributed by atoms with Crippen molar-refractivity contribution in [1.82, 2.24) is 9.88 Å². The Morgan fingerprint density at radius 2 is 1.92 bits per heavy atom. The zero-order chi connectivity index (χ0) is 17.5. The first-order valence-corrected chi connectivity index (χ1v) is 10.5. The van der Waals surface area contributed by atoms with Gasteiger partial charge in [0.05, 0.1) is 0 Å². The monoisotopic (exact) mass is 370 g/mol. The second kappa shape index (κ2) is 6.76. The Labute approximate surface area is 151 Å². The maximum atomic E-state index is 12.9. The molecular weight excluding hydrogens is 345 g/mol. The first-order valence-electron chi connectivity index (χ1n) is 9.30. The third kappa shape index (κ3) is 3.70. The van der Waals surface area contributed by atoms with E-state index in [-0.39, 0.29) is 5.92 Å². The van der Waals surface area contributed by atoms with Gasteiger partial charge in [-0.15, -0.1) is 0 Å². The Bertz CT molecular complexity index is 607. The minimum absolute atomic E-state index is 0.248. The van der Waals surface area contributed by atoms with E-state index >= 15 is 0 Å². The molecule has 1 aliphatic carbocycles. The minimum Gasteiger partial charge on any atom is -0.300 e. The van der Waals surface area contributed by atoms with Crippen molar-refractivity contribution in [3.63, 3.8) is 0 Å². The summed E-state index contributed by atoms with van der Waals surface area (Å²) in [5, 5.41) is 0. The summed E-state index contributed by atoms with van der Waals surface area (Å²) in [5.74, 6) is 2.88. The van der Waals surface area contributed by atoms with Crippen LogP contribution in [0.5, 0.6) is 0 Å². The fraction of sp³-hybridized carbons (Fsp3) is 0.737. The van der Waals surface area contributed by atoms with Crippen LogP contribution in [0.3, 0.4) is 0 Å². The van der Waals surface area contributed by atoms with Crippen molar-refractivity contribution in [2.75, 3.05) is 24.6 Å². The smallest absolute Gasteiger partial charge is 0.300 e. The molecule has 2 aliphatic heterocycles. The van der Waals surface area contributed by atoms with Crippen LogP contribution in [-0.4, -0.2) is 40.5 Å². The molecule has 138 valence electrons. The van der Waals surface area contributed by atoms with Gasteiger partial charge in [0.1, 0.15) is 5.69 Å². The molecule has 2 saturated heterocycles. The standard InChI is InChI=1S/C19H25F3N2S/c20-19(21,22)17-10-15(6-8-23-17)14-2-4-16(5-3-14)24-9-1-7-18(11-24)12-25-13-18/h6,8,10,14,16H,1-5,7,9,11-13H2. The lowest BCUT2D eigenvalue weighted by atomic mass is 9.78. The maximum Gasteiger partial charge on any atom is 0.433 e. The second-order valence-corrected chi connectivity index (χ2v) is 9.03. The quantitative estimate of drug-likeness (QED) is 0.732. The largest absolute Gasteiger partial charge is 0.433 e. The van der Waals surface area contributed by atoms with Gasteiger partial charge in [0.25, 0.3) is 0 Å². The highest BCUT2D eigenvalue weighted by Crippen LogP contribution is 2.46. The van der Waals surface area contributed by atoms with Crippen molar-refractivity contribution < 1.29 is 13.2 Å². The van der Waals surface area contributed by atoms with Crippen LogP contribution < -0.4 is 0 Å². The Hall–Kier alpha value is -0.750. The zero-order valence-electron chi connectivity index (χ0n) is 14.4. The van der Waals surface area contributed by atoms with Gasteiger partial charge in [-0.1, -0.05) is 0 Å². The SMILES string of the molecule is FC(F)(F)c1cc(C2CCC(N3CCCC4(CSC4)C3)CC2)ccn1. The fourth-order valence-electron chi connectivity index (χ4n) is 4.81. The Balaban J connectivity index is 1.37. The van der Waals surface area contributed by atoms with Gasteiger partial charge in [0.15, 0.2) is 0 Å². The van der Waals surface area contributed by atoms with Crippen LogP contribution in [0.1, 0.15) is 55.7 Å². The van der Waals surface area contributed by atoms with Crippen LogP contribution in [0.4, 0.5) is 13.2 Å². The van der Waals surface area contributed by atoms with E-state index in [1.807, 2.05) is 0 Å². The third-order valence-electron chi connectivity index (χ3n) is 6.27. The lowest BCUT2D eigenvalue weighted by Crippen LogP contribution is -2.54. The van der Waals surface area contributed by atoms with Gasteiger partial charge in [-0.05, 0) is 68.7 Å². The molecule has 1 spiro atoms. The van der Waals surface area contributed by atoms with Crippen LogP contribution in [-0.2, 0) is 6.18 Å². The van der Waals surface area contributed by atoms with E-state index in [1.54, 1.807) is 6.07 Å². The Morgan fingerprint density at radius 3 is 2.56 bits per heavy atom. The highest BCUT2D eigenvalue weighted by atomic mass is 32.2. The lowest BCUT2D eigenvalue weighted by molar-refractivity contribution is -0.141. The average Bonchev–Trinajstić information content (AvgIpc) is 2.60. The van der Waals surface area contributed by atoms with Gasteiger partial charge in [-0.25, -0.2) is 0 Å². The van der Waals surface area contributed by atoms with Crippen LogP contribution in [0.15, 0.2) is 18.3 Å². The number of piperidine rings is 1. The summed E-state index contributed by atoms with van der Waals surface area (Å²) in [5.41, 5.74) is 0.630. The normalized spacial score (nSPS) is 30.2. The molecule has 1 saturated carbocycles. The molecule has 4 rings (SSSR count). The average molecular weight is 370 g/mol. The number of halogens is 3. The molecule has 0 radical (unpaired) electrons. The summed E-state index contributed by atoms with van der Waals surface area (Å²) in [7, 11) is 0. The molecule has 0 atom stereocenters. The molecule has 2 nitrogen and oxygen atoms in total. The topological polar surface area (TPSA) is 16.1 Å². The van der Waals surface area contributed by atoms with Crippen molar-refractivity contribution in [2.24, 2.45) is 5.41 Å². The molecule has 0 unspecified atom stereocenters. The van der Waals surface area contributed by atoms with E-state index in [4.69, 9.17) is 0 Å². The van der Waals surface area contributed by atoms with Crippen LogP contribution in [0.25, 0.3) is 0 Å². The molecule has 0 amide bonds. The second-order valence-electron chi connectivity index (χ2n) is 8.04. The van der Waals surface area contributed by atoms with Crippen LogP contribution >= 0.6 is 11.8 Å². The molecule has 1 aromatic heterocycles. The number of aromatic nitrogens is 1. The molecule has 1 aromatic rings. The maximum absolute atomic E-state index is 12.9. The molecule has 3 heterocycles. The summed E-state index contributed by atoms with van der Waals surface area (Å²) >= 11 is 2.07. The summed E-state index contributed by atoms with van der Waals surface area (Å²) in [6.45, 7) is 2.44. The third-order valence-corrected chi connectivity index (χ3v) is 7.90. The predicted octanol–water partition coefficient (Wildman–Crippen LogP) is 4.96. The summed E-state index contributed by atoms with van der Waals surface area (Å²) in [4.78, 5) is 6.18. The first kappa shape index (κ1) is 17.7.